The quantitative estimate of drug-likeness (QED) is 0.127. The number of fused-ring (bicyclic) bond motifs is 1. The van der Waals surface area contributed by atoms with Crippen molar-refractivity contribution in [3.63, 3.8) is 0 Å². The van der Waals surface area contributed by atoms with Crippen LogP contribution in [0.1, 0.15) is 18.1 Å². The van der Waals surface area contributed by atoms with Crippen molar-refractivity contribution < 1.29 is 18.7 Å². The fourth-order valence-corrected chi connectivity index (χ4v) is 4.34. The lowest BCUT2D eigenvalue weighted by Gasteiger charge is -2.22. The van der Waals surface area contributed by atoms with Gasteiger partial charge in [-0.1, -0.05) is 34.8 Å². The number of aromatic nitrogens is 2. The van der Waals surface area contributed by atoms with E-state index in [0.29, 0.717) is 46.8 Å². The molecule has 2 N–H and O–H groups in total. The van der Waals surface area contributed by atoms with Crippen LogP contribution in [0.25, 0.3) is 10.9 Å². The molecule has 8 nitrogen and oxygen atoms in total. The highest BCUT2D eigenvalue weighted by Gasteiger charge is 2.15. The van der Waals surface area contributed by atoms with Crippen LogP contribution in [-0.4, -0.2) is 48.1 Å². The molecule has 1 fully saturated rings. The van der Waals surface area contributed by atoms with Crippen molar-refractivity contribution in [2.75, 3.05) is 31.6 Å². The summed E-state index contributed by atoms with van der Waals surface area (Å²) in [5.74, 6) is 6.67. The van der Waals surface area contributed by atoms with E-state index >= 15 is 0 Å². The number of hydrogen-bond acceptors (Lipinski definition) is 8. The second kappa shape index (κ2) is 16.1. The van der Waals surface area contributed by atoms with E-state index in [1.165, 1.54) is 18.5 Å². The average Bonchev–Trinajstić information content (AvgIpc) is 2.97. The van der Waals surface area contributed by atoms with E-state index in [1.54, 1.807) is 31.2 Å². The van der Waals surface area contributed by atoms with Crippen LogP contribution in [0.4, 0.5) is 15.9 Å². The molecule has 0 radical (unpaired) electrons. The molecule has 1 aliphatic rings. The molecule has 1 atom stereocenters. The van der Waals surface area contributed by atoms with Gasteiger partial charge >= 0.3 is 0 Å². The number of ether oxygens (including phenoxy) is 2. The van der Waals surface area contributed by atoms with Gasteiger partial charge in [-0.3, -0.25) is 0 Å². The minimum atomic E-state index is -0.314. The Hall–Kier alpha value is -3.65. The highest BCUT2D eigenvalue weighted by molar-refractivity contribution is 6.32. The van der Waals surface area contributed by atoms with E-state index in [9.17, 15) is 4.39 Å². The Morgan fingerprint density at radius 1 is 1.17 bits per heavy atom. The van der Waals surface area contributed by atoms with Crippen molar-refractivity contribution in [3.05, 3.63) is 89.0 Å². The molecule has 3 aromatic carbocycles. The minimum absolute atomic E-state index is 0. The molecule has 0 aliphatic carbocycles. The molecule has 12 heteroatoms. The van der Waals surface area contributed by atoms with Gasteiger partial charge in [-0.2, -0.15) is 0 Å². The van der Waals surface area contributed by atoms with Gasteiger partial charge in [0.25, 0.3) is 0 Å². The first-order valence-corrected chi connectivity index (χ1v) is 13.1. The van der Waals surface area contributed by atoms with Gasteiger partial charge in [-0.05, 0) is 66.9 Å². The summed E-state index contributed by atoms with van der Waals surface area (Å²) >= 11 is 6.49. The molecule has 5 rings (SSSR count). The second-order valence-electron chi connectivity index (χ2n) is 8.95. The molecule has 220 valence electrons. The molecule has 0 amide bonds. The zero-order valence-corrected chi connectivity index (χ0v) is 25.0. The van der Waals surface area contributed by atoms with Gasteiger partial charge in [-0.25, -0.2) is 14.4 Å². The standard InChI is InChI=1S/C30H27ClFN5O3.2ClH/c1-2-4-27(37-40-18-24-16-33-11-12-38-24)21-7-9-28-25(14-21)30(35-19-34-28)36-23-8-10-29(26(31)15-23)39-17-20-5-3-6-22(32)13-20;;/h3,5-10,13-15,19,24,33H,11-12,16-18H2,1H3,(H,34,35,36);2*1H/t24-;;/m0../s1. The van der Waals surface area contributed by atoms with Crippen LogP contribution in [0.15, 0.2) is 72.1 Å². The summed E-state index contributed by atoms with van der Waals surface area (Å²) in [4.78, 5) is 14.4. The van der Waals surface area contributed by atoms with Gasteiger partial charge in [0.15, 0.2) is 5.71 Å². The van der Waals surface area contributed by atoms with Crippen LogP contribution in [0.3, 0.4) is 0 Å². The maximum absolute atomic E-state index is 13.4. The molecule has 4 aromatic rings. The fourth-order valence-electron chi connectivity index (χ4n) is 4.10. The Kier molecular flexibility index (Phi) is 12.6. The van der Waals surface area contributed by atoms with Crippen LogP contribution in [-0.2, 0) is 16.2 Å². The normalized spacial score (nSPS) is 14.5. The van der Waals surface area contributed by atoms with Crippen LogP contribution < -0.4 is 15.4 Å². The number of halogens is 4. The molecule has 42 heavy (non-hydrogen) atoms. The highest BCUT2D eigenvalue weighted by atomic mass is 35.5. The topological polar surface area (TPSA) is 89.9 Å². The number of nitrogens with zero attached hydrogens (tertiary/aromatic N) is 3. The van der Waals surface area contributed by atoms with Crippen molar-refractivity contribution in [2.45, 2.75) is 19.6 Å². The number of morpholine rings is 1. The predicted octanol–water partition coefficient (Wildman–Crippen LogP) is 6.32. The lowest BCUT2D eigenvalue weighted by atomic mass is 10.1. The van der Waals surface area contributed by atoms with Gasteiger partial charge in [0, 0.05) is 29.7 Å². The third-order valence-corrected chi connectivity index (χ3v) is 6.35. The summed E-state index contributed by atoms with van der Waals surface area (Å²) in [6, 6.07) is 17.3. The van der Waals surface area contributed by atoms with E-state index in [0.717, 1.165) is 29.6 Å². The Bertz CT molecular complexity index is 1590. The minimum Gasteiger partial charge on any atom is -0.487 e. The maximum Gasteiger partial charge on any atom is 0.159 e. The van der Waals surface area contributed by atoms with E-state index in [2.05, 4.69) is 37.6 Å². The van der Waals surface area contributed by atoms with Crippen LogP contribution in [0, 0.1) is 17.7 Å². The average molecular weight is 633 g/mol. The van der Waals surface area contributed by atoms with Crippen molar-refractivity contribution in [1.82, 2.24) is 15.3 Å². The van der Waals surface area contributed by atoms with Gasteiger partial charge in [0.1, 0.15) is 43.0 Å². The van der Waals surface area contributed by atoms with Crippen LogP contribution >= 0.6 is 36.4 Å². The summed E-state index contributed by atoms with van der Waals surface area (Å²) in [6.45, 7) is 4.47. The summed E-state index contributed by atoms with van der Waals surface area (Å²) in [6.07, 6.45) is 1.43. The number of rotatable bonds is 9. The second-order valence-corrected chi connectivity index (χ2v) is 9.36. The first kappa shape index (κ1) is 32.9. The monoisotopic (exact) mass is 631 g/mol. The first-order valence-electron chi connectivity index (χ1n) is 12.7. The maximum atomic E-state index is 13.4. The fraction of sp³-hybridized carbons (Fsp3) is 0.233. The number of oxime groups is 1. The van der Waals surface area contributed by atoms with E-state index < -0.39 is 0 Å². The Morgan fingerprint density at radius 2 is 2.05 bits per heavy atom. The number of anilines is 2. The molecular formula is C30H29Cl3FN5O3. The van der Waals surface area contributed by atoms with Crippen LogP contribution in [0.2, 0.25) is 5.02 Å². The Morgan fingerprint density at radius 3 is 2.81 bits per heavy atom. The Balaban J connectivity index is 0.00000242. The number of benzene rings is 3. The molecule has 0 bridgehead atoms. The zero-order chi connectivity index (χ0) is 27.7. The third kappa shape index (κ3) is 8.68. The predicted molar refractivity (Wildman–Crippen MR) is 168 cm³/mol. The third-order valence-electron chi connectivity index (χ3n) is 6.05. The SMILES string of the molecule is CC#CC(=NOC[C@@H]1CNCCO1)c1ccc2ncnc(Nc3ccc(OCc4cccc(F)c4)c(Cl)c3)c2c1.Cl.Cl. The Labute approximate surface area is 260 Å². The van der Waals surface area contributed by atoms with Gasteiger partial charge in [0.05, 0.1) is 17.1 Å². The van der Waals surface area contributed by atoms with Crippen molar-refractivity contribution in [2.24, 2.45) is 5.16 Å². The number of hydrogen-bond donors (Lipinski definition) is 2. The van der Waals surface area contributed by atoms with Crippen LogP contribution in [0.5, 0.6) is 5.75 Å². The van der Waals surface area contributed by atoms with E-state index in [1.807, 2.05) is 24.3 Å². The largest absolute Gasteiger partial charge is 0.487 e. The summed E-state index contributed by atoms with van der Waals surface area (Å²) in [5.41, 5.74) is 3.42. The molecule has 1 aliphatic heterocycles. The summed E-state index contributed by atoms with van der Waals surface area (Å²) in [5, 5.41) is 12.0. The van der Waals surface area contributed by atoms with Gasteiger partial charge in [0.2, 0.25) is 0 Å². The molecule has 2 heterocycles. The number of nitrogens with one attached hydrogen (secondary N) is 2. The van der Waals surface area contributed by atoms with Crippen molar-refractivity contribution in [3.8, 4) is 17.6 Å². The first-order chi connectivity index (χ1) is 19.6. The highest BCUT2D eigenvalue weighted by Crippen LogP contribution is 2.31. The molecule has 0 unspecified atom stereocenters. The molecule has 0 spiro atoms. The van der Waals surface area contributed by atoms with E-state index in [4.69, 9.17) is 25.9 Å². The lowest BCUT2D eigenvalue weighted by Crippen LogP contribution is -2.40. The van der Waals surface area contributed by atoms with Gasteiger partial charge < -0.3 is 24.9 Å². The van der Waals surface area contributed by atoms with Gasteiger partial charge in [-0.15, -0.1) is 24.8 Å². The van der Waals surface area contributed by atoms with Crippen molar-refractivity contribution >= 4 is 64.5 Å². The van der Waals surface area contributed by atoms with E-state index in [-0.39, 0.29) is 43.3 Å². The summed E-state index contributed by atoms with van der Waals surface area (Å²) < 4.78 is 24.9. The molecule has 1 saturated heterocycles. The molecule has 1 aromatic heterocycles. The lowest BCUT2D eigenvalue weighted by molar-refractivity contribution is -0.0300. The molecular weight excluding hydrogens is 604 g/mol. The summed E-state index contributed by atoms with van der Waals surface area (Å²) in [7, 11) is 0. The zero-order valence-electron chi connectivity index (χ0n) is 22.6. The smallest absolute Gasteiger partial charge is 0.159 e. The molecule has 0 saturated carbocycles. The van der Waals surface area contributed by atoms with Crippen molar-refractivity contribution in [1.29, 1.82) is 0 Å².